The maximum atomic E-state index is 13.6. The average Bonchev–Trinajstić information content (AvgIpc) is 2.80. The van der Waals surface area contributed by atoms with Gasteiger partial charge in [-0.05, 0) is 50.9 Å². The molecule has 5 unspecified atom stereocenters. The van der Waals surface area contributed by atoms with Gasteiger partial charge in [-0.2, -0.15) is 0 Å². The van der Waals surface area contributed by atoms with E-state index in [0.29, 0.717) is 12.3 Å². The van der Waals surface area contributed by atoms with E-state index in [2.05, 4.69) is 38.2 Å². The second-order valence-electron chi connectivity index (χ2n) is 11.0. The Balaban J connectivity index is 2.99. The van der Waals surface area contributed by atoms with E-state index in [1.54, 1.807) is 0 Å². The smallest absolute Gasteiger partial charge is 0.307 e. The summed E-state index contributed by atoms with van der Waals surface area (Å²) >= 11 is 0. The van der Waals surface area contributed by atoms with E-state index in [0.717, 1.165) is 83.3 Å². The number of carboxylic acids is 1. The quantitative estimate of drug-likeness (QED) is 0.127. The molecule has 0 saturated heterocycles. The zero-order chi connectivity index (χ0) is 25.6. The molecule has 0 radical (unpaired) electrons. The second-order valence-corrected chi connectivity index (χ2v) is 11.0. The first-order valence-electron chi connectivity index (χ1n) is 13.9. The van der Waals surface area contributed by atoms with Crippen LogP contribution in [0.5, 0.6) is 0 Å². The molecule has 0 heterocycles. The third-order valence-corrected chi connectivity index (χ3v) is 8.04. The summed E-state index contributed by atoms with van der Waals surface area (Å²) in [6.07, 6.45) is 18.0. The molecule has 1 aliphatic rings. The summed E-state index contributed by atoms with van der Waals surface area (Å²) in [5, 5.41) is 13.5. The highest BCUT2D eigenvalue weighted by Crippen LogP contribution is 2.40. The molecule has 0 saturated carbocycles. The molecule has 0 aromatic carbocycles. The fraction of sp³-hybridized carbons (Fsp3) is 0.828. The van der Waals surface area contributed by atoms with Crippen LogP contribution in [0.2, 0.25) is 0 Å². The highest BCUT2D eigenvalue weighted by Gasteiger charge is 2.45. The van der Waals surface area contributed by atoms with Gasteiger partial charge in [0.15, 0.2) is 0 Å². The molecule has 0 aromatic rings. The number of unbranched alkanes of at least 4 members (excludes halogenated alkanes) is 8. The van der Waals surface area contributed by atoms with Gasteiger partial charge in [-0.25, -0.2) is 0 Å². The van der Waals surface area contributed by atoms with Crippen molar-refractivity contribution in [2.45, 2.75) is 124 Å². The van der Waals surface area contributed by atoms with E-state index in [4.69, 9.17) is 0 Å². The number of rotatable bonds is 18. The zero-order valence-electron chi connectivity index (χ0n) is 22.5. The molecule has 5 atom stereocenters. The van der Waals surface area contributed by atoms with E-state index in [-0.39, 0.29) is 23.3 Å². The first kappa shape index (κ1) is 30.4. The van der Waals surface area contributed by atoms with Crippen LogP contribution < -0.4 is 5.32 Å². The van der Waals surface area contributed by atoms with Crippen LogP contribution in [0.1, 0.15) is 118 Å². The summed E-state index contributed by atoms with van der Waals surface area (Å²) < 4.78 is 0. The molecule has 34 heavy (non-hydrogen) atoms. The van der Waals surface area contributed by atoms with Gasteiger partial charge in [0, 0.05) is 12.0 Å². The van der Waals surface area contributed by atoms with E-state index in [1.165, 1.54) is 0 Å². The van der Waals surface area contributed by atoms with Crippen molar-refractivity contribution >= 4 is 18.2 Å². The van der Waals surface area contributed by atoms with Crippen molar-refractivity contribution in [3.63, 3.8) is 0 Å². The van der Waals surface area contributed by atoms with Crippen LogP contribution in [0, 0.1) is 29.6 Å². The molecular formula is C29H51NO4. The molecule has 1 rings (SSSR count). The average molecular weight is 478 g/mol. The van der Waals surface area contributed by atoms with E-state index in [1.807, 2.05) is 13.8 Å². The molecule has 0 aliphatic heterocycles. The number of allylic oxidation sites excluding steroid dienone is 2. The van der Waals surface area contributed by atoms with Gasteiger partial charge in [0.2, 0.25) is 5.91 Å². The summed E-state index contributed by atoms with van der Waals surface area (Å²) in [5.41, 5.74) is -0.379. The number of carbonyl (C=O) groups excluding carboxylic acids is 2. The van der Waals surface area contributed by atoms with Crippen LogP contribution in [-0.4, -0.2) is 28.8 Å². The number of carbonyl (C=O) groups is 3. The van der Waals surface area contributed by atoms with Crippen LogP contribution in [0.3, 0.4) is 0 Å². The lowest BCUT2D eigenvalue weighted by atomic mass is 9.67. The summed E-state index contributed by atoms with van der Waals surface area (Å²) in [7, 11) is 0. The number of hydrogen-bond donors (Lipinski definition) is 2. The lowest BCUT2D eigenvalue weighted by Gasteiger charge is -2.40. The number of nitrogens with one attached hydrogen (secondary N) is 1. The van der Waals surface area contributed by atoms with Gasteiger partial charge in [-0.1, -0.05) is 90.7 Å². The molecular weight excluding hydrogens is 426 g/mol. The van der Waals surface area contributed by atoms with Crippen LogP contribution in [0.15, 0.2) is 12.2 Å². The molecule has 0 fully saturated rings. The largest absolute Gasteiger partial charge is 0.481 e. The highest BCUT2D eigenvalue weighted by molar-refractivity contribution is 5.86. The predicted octanol–water partition coefficient (Wildman–Crippen LogP) is 6.95. The van der Waals surface area contributed by atoms with Gasteiger partial charge in [0.25, 0.3) is 0 Å². The number of hydrogen-bond acceptors (Lipinski definition) is 3. The second kappa shape index (κ2) is 16.1. The maximum Gasteiger partial charge on any atom is 0.307 e. The normalized spacial score (nSPS) is 23.4. The third-order valence-electron chi connectivity index (χ3n) is 8.04. The number of aliphatic carboxylic acids is 1. The molecule has 1 aliphatic carbocycles. The fourth-order valence-corrected chi connectivity index (χ4v) is 5.28. The van der Waals surface area contributed by atoms with Crippen molar-refractivity contribution in [3.8, 4) is 0 Å². The Morgan fingerprint density at radius 1 is 0.912 bits per heavy atom. The van der Waals surface area contributed by atoms with Crippen molar-refractivity contribution in [2.75, 3.05) is 0 Å². The molecule has 1 amide bonds. The number of amides is 1. The van der Waals surface area contributed by atoms with E-state index >= 15 is 0 Å². The third kappa shape index (κ3) is 9.92. The molecule has 5 nitrogen and oxygen atoms in total. The lowest BCUT2D eigenvalue weighted by Crippen LogP contribution is -2.54. The Bertz CT molecular complexity index is 642. The summed E-state index contributed by atoms with van der Waals surface area (Å²) in [5.74, 6) is -1.98. The van der Waals surface area contributed by atoms with Gasteiger partial charge in [-0.3, -0.25) is 9.59 Å². The Hall–Kier alpha value is -1.65. The Kier molecular flexibility index (Phi) is 14.4. The summed E-state index contributed by atoms with van der Waals surface area (Å²) in [6.45, 7) is 10.5. The monoisotopic (exact) mass is 477 g/mol. The minimum absolute atomic E-state index is 0.0456. The first-order chi connectivity index (χ1) is 16.2. The van der Waals surface area contributed by atoms with E-state index < -0.39 is 17.8 Å². The minimum atomic E-state index is -0.842. The topological polar surface area (TPSA) is 83.5 Å². The summed E-state index contributed by atoms with van der Waals surface area (Å²) in [4.78, 5) is 36.6. The van der Waals surface area contributed by atoms with Crippen molar-refractivity contribution in [2.24, 2.45) is 29.6 Å². The highest BCUT2D eigenvalue weighted by atomic mass is 16.4. The van der Waals surface area contributed by atoms with Gasteiger partial charge in [0.1, 0.15) is 6.29 Å². The van der Waals surface area contributed by atoms with Gasteiger partial charge in [-0.15, -0.1) is 0 Å². The van der Waals surface area contributed by atoms with Crippen LogP contribution in [-0.2, 0) is 14.4 Å². The van der Waals surface area contributed by atoms with Crippen molar-refractivity contribution in [1.82, 2.24) is 5.32 Å². The zero-order valence-corrected chi connectivity index (χ0v) is 22.5. The number of aldehydes is 1. The van der Waals surface area contributed by atoms with Crippen molar-refractivity contribution in [1.29, 1.82) is 0 Å². The van der Waals surface area contributed by atoms with E-state index in [9.17, 15) is 19.5 Å². The molecule has 2 N–H and O–H groups in total. The lowest BCUT2D eigenvalue weighted by molar-refractivity contribution is -0.151. The van der Waals surface area contributed by atoms with Crippen molar-refractivity contribution in [3.05, 3.63) is 12.2 Å². The maximum absolute atomic E-state index is 13.6. The fourth-order valence-electron chi connectivity index (χ4n) is 5.28. The molecule has 0 spiro atoms. The standard InChI is InChI=1S/C29H51NO4/c1-6-8-9-14-18-24-20-19-23(17-15-12-10-11-13-16-21-31)25(26(24)28(33)34)27(32)30-29(4,5)22(3)7-2/h19-26H,6-18H2,1-5H3,(H,30,32)(H,33,34). The molecule has 0 aromatic heterocycles. The molecule has 0 bridgehead atoms. The van der Waals surface area contributed by atoms with Crippen molar-refractivity contribution < 1.29 is 19.5 Å². The van der Waals surface area contributed by atoms with Crippen LogP contribution in [0.4, 0.5) is 0 Å². The van der Waals surface area contributed by atoms with Gasteiger partial charge >= 0.3 is 5.97 Å². The first-order valence-corrected chi connectivity index (χ1v) is 13.9. The number of carboxylic acid groups (broad SMARTS) is 1. The Labute approximate surface area is 208 Å². The predicted molar refractivity (Wildman–Crippen MR) is 140 cm³/mol. The Morgan fingerprint density at radius 2 is 1.44 bits per heavy atom. The van der Waals surface area contributed by atoms with Crippen LogP contribution in [0.25, 0.3) is 0 Å². The van der Waals surface area contributed by atoms with Gasteiger partial charge < -0.3 is 15.2 Å². The Morgan fingerprint density at radius 3 is 1.97 bits per heavy atom. The van der Waals surface area contributed by atoms with Gasteiger partial charge in [0.05, 0.1) is 11.8 Å². The van der Waals surface area contributed by atoms with Crippen LogP contribution >= 0.6 is 0 Å². The SMILES string of the molecule is CCCCCCC1C=CC(CCCCCCCC=O)C(C(=O)NC(C)(C)C(C)CC)C1C(=O)O. The minimum Gasteiger partial charge on any atom is -0.481 e. The molecule has 196 valence electrons. The molecule has 5 heteroatoms. The summed E-state index contributed by atoms with van der Waals surface area (Å²) in [6, 6.07) is 0.